The first kappa shape index (κ1) is 9.77. The SMILES string of the molecule is Fc1ccc(CCc2ccn[c]n2)cc1. The van der Waals surface area contributed by atoms with E-state index in [9.17, 15) is 4.39 Å². The fourth-order valence-corrected chi connectivity index (χ4v) is 1.35. The smallest absolute Gasteiger partial charge is 0.197 e. The minimum Gasteiger partial charge on any atom is -0.234 e. The van der Waals surface area contributed by atoms with Crippen LogP contribution in [0, 0.1) is 12.1 Å². The maximum Gasteiger partial charge on any atom is 0.197 e. The van der Waals surface area contributed by atoms with Gasteiger partial charge in [-0.3, -0.25) is 0 Å². The first-order chi connectivity index (χ1) is 7.34. The van der Waals surface area contributed by atoms with Crippen LogP contribution in [-0.4, -0.2) is 9.97 Å². The zero-order valence-electron chi connectivity index (χ0n) is 8.15. The summed E-state index contributed by atoms with van der Waals surface area (Å²) in [6, 6.07) is 8.39. The summed E-state index contributed by atoms with van der Waals surface area (Å²) in [6.45, 7) is 0. The molecule has 1 aromatic heterocycles. The number of halogens is 1. The molecule has 15 heavy (non-hydrogen) atoms. The fraction of sp³-hybridized carbons (Fsp3) is 0.167. The van der Waals surface area contributed by atoms with E-state index in [0.29, 0.717) is 0 Å². The summed E-state index contributed by atoms with van der Waals surface area (Å²) in [5, 5.41) is 0. The molecule has 0 unspecified atom stereocenters. The molecule has 0 fully saturated rings. The Morgan fingerprint density at radius 1 is 1.07 bits per heavy atom. The highest BCUT2D eigenvalue weighted by atomic mass is 19.1. The van der Waals surface area contributed by atoms with Gasteiger partial charge in [-0.1, -0.05) is 12.1 Å². The molecule has 2 rings (SSSR count). The second-order valence-corrected chi connectivity index (χ2v) is 3.27. The van der Waals surface area contributed by atoms with E-state index in [1.54, 1.807) is 18.3 Å². The fourth-order valence-electron chi connectivity index (χ4n) is 1.35. The maximum atomic E-state index is 12.6. The molecule has 0 saturated carbocycles. The Kier molecular flexibility index (Phi) is 3.02. The van der Waals surface area contributed by atoms with Crippen LogP contribution in [0.1, 0.15) is 11.3 Å². The molecule has 3 heteroatoms. The van der Waals surface area contributed by atoms with Crippen LogP contribution in [0.4, 0.5) is 4.39 Å². The molecule has 1 radical (unpaired) electrons. The van der Waals surface area contributed by atoms with Crippen molar-refractivity contribution in [1.82, 2.24) is 9.97 Å². The third-order valence-corrected chi connectivity index (χ3v) is 2.18. The van der Waals surface area contributed by atoms with Gasteiger partial charge in [0.05, 0.1) is 0 Å². The zero-order valence-corrected chi connectivity index (χ0v) is 8.15. The summed E-state index contributed by atoms with van der Waals surface area (Å²) in [6.07, 6.45) is 5.90. The number of aryl methyl sites for hydroxylation is 2. The van der Waals surface area contributed by atoms with Crippen molar-refractivity contribution in [2.75, 3.05) is 0 Å². The maximum absolute atomic E-state index is 12.6. The van der Waals surface area contributed by atoms with Gasteiger partial charge in [0.2, 0.25) is 0 Å². The van der Waals surface area contributed by atoms with E-state index in [1.807, 2.05) is 6.07 Å². The minimum atomic E-state index is -0.200. The zero-order chi connectivity index (χ0) is 10.5. The van der Waals surface area contributed by atoms with E-state index < -0.39 is 0 Å². The summed E-state index contributed by atoms with van der Waals surface area (Å²) < 4.78 is 12.6. The second-order valence-electron chi connectivity index (χ2n) is 3.27. The molecule has 0 N–H and O–H groups in total. The largest absolute Gasteiger partial charge is 0.234 e. The topological polar surface area (TPSA) is 25.8 Å². The Hall–Kier alpha value is -1.77. The standard InChI is InChI=1S/C12H10FN2/c13-11-4-1-10(2-5-11)3-6-12-7-8-14-9-15-12/h1-2,4-5,7-8H,3,6H2. The van der Waals surface area contributed by atoms with E-state index in [1.165, 1.54) is 12.1 Å². The molecule has 0 spiro atoms. The molecule has 0 aliphatic carbocycles. The van der Waals surface area contributed by atoms with Gasteiger partial charge in [0.1, 0.15) is 5.82 Å². The highest BCUT2D eigenvalue weighted by Gasteiger charge is 1.97. The van der Waals surface area contributed by atoms with Crippen LogP contribution >= 0.6 is 0 Å². The van der Waals surface area contributed by atoms with Crippen LogP contribution in [0.2, 0.25) is 0 Å². The Labute approximate surface area is 87.8 Å². The van der Waals surface area contributed by atoms with Crippen LogP contribution in [0.5, 0.6) is 0 Å². The van der Waals surface area contributed by atoms with Gasteiger partial charge < -0.3 is 0 Å². The molecule has 75 valence electrons. The minimum absolute atomic E-state index is 0.200. The molecule has 1 aromatic carbocycles. The summed E-state index contributed by atoms with van der Waals surface area (Å²) in [5.41, 5.74) is 2.06. The van der Waals surface area contributed by atoms with Crippen LogP contribution in [0.3, 0.4) is 0 Å². The highest BCUT2D eigenvalue weighted by Crippen LogP contribution is 2.06. The van der Waals surface area contributed by atoms with Crippen molar-refractivity contribution in [2.24, 2.45) is 0 Å². The molecule has 0 amide bonds. The number of nitrogens with zero attached hydrogens (tertiary/aromatic N) is 2. The van der Waals surface area contributed by atoms with Crippen molar-refractivity contribution in [2.45, 2.75) is 12.8 Å². The van der Waals surface area contributed by atoms with E-state index in [2.05, 4.69) is 16.3 Å². The van der Waals surface area contributed by atoms with Gasteiger partial charge in [-0.15, -0.1) is 0 Å². The van der Waals surface area contributed by atoms with Crippen LogP contribution in [0.25, 0.3) is 0 Å². The van der Waals surface area contributed by atoms with Gasteiger partial charge in [0, 0.05) is 11.9 Å². The summed E-state index contributed by atoms with van der Waals surface area (Å²) in [4.78, 5) is 7.73. The van der Waals surface area contributed by atoms with Gasteiger partial charge in [0.25, 0.3) is 0 Å². The van der Waals surface area contributed by atoms with E-state index in [4.69, 9.17) is 0 Å². The molecule has 2 nitrogen and oxygen atoms in total. The van der Waals surface area contributed by atoms with Crippen molar-refractivity contribution in [3.63, 3.8) is 0 Å². The molecular weight excluding hydrogens is 191 g/mol. The molecule has 0 bridgehead atoms. The Bertz CT molecular complexity index is 411. The average Bonchev–Trinajstić information content (AvgIpc) is 2.30. The second kappa shape index (κ2) is 4.64. The normalized spacial score (nSPS) is 10.2. The Morgan fingerprint density at radius 2 is 1.87 bits per heavy atom. The van der Waals surface area contributed by atoms with Gasteiger partial charge >= 0.3 is 0 Å². The number of aromatic nitrogens is 2. The lowest BCUT2D eigenvalue weighted by Crippen LogP contribution is -1.94. The monoisotopic (exact) mass is 201 g/mol. The number of hydrogen-bond acceptors (Lipinski definition) is 2. The number of rotatable bonds is 3. The van der Waals surface area contributed by atoms with E-state index >= 15 is 0 Å². The Morgan fingerprint density at radius 3 is 2.53 bits per heavy atom. The van der Waals surface area contributed by atoms with Gasteiger partial charge in [0.15, 0.2) is 6.33 Å². The van der Waals surface area contributed by atoms with Gasteiger partial charge in [-0.2, -0.15) is 0 Å². The van der Waals surface area contributed by atoms with Crippen molar-refractivity contribution >= 4 is 0 Å². The van der Waals surface area contributed by atoms with Gasteiger partial charge in [-0.05, 0) is 36.6 Å². The molecule has 0 aliphatic heterocycles. The molecule has 0 atom stereocenters. The third kappa shape index (κ3) is 2.84. The van der Waals surface area contributed by atoms with Crippen molar-refractivity contribution in [3.8, 4) is 0 Å². The Balaban J connectivity index is 1.96. The number of benzene rings is 1. The van der Waals surface area contributed by atoms with Crippen molar-refractivity contribution in [3.05, 3.63) is 59.9 Å². The van der Waals surface area contributed by atoms with Gasteiger partial charge in [-0.25, -0.2) is 14.4 Å². The first-order valence-electron chi connectivity index (χ1n) is 4.77. The summed E-state index contributed by atoms with van der Waals surface area (Å²) >= 11 is 0. The third-order valence-electron chi connectivity index (χ3n) is 2.18. The molecular formula is C12H10FN2. The molecule has 0 aliphatic rings. The molecule has 2 aromatic rings. The lowest BCUT2D eigenvalue weighted by atomic mass is 10.1. The lowest BCUT2D eigenvalue weighted by Gasteiger charge is -2.00. The van der Waals surface area contributed by atoms with Crippen LogP contribution in [0.15, 0.2) is 36.5 Å². The predicted molar refractivity (Wildman–Crippen MR) is 54.7 cm³/mol. The van der Waals surface area contributed by atoms with E-state index in [0.717, 1.165) is 24.1 Å². The summed E-state index contributed by atoms with van der Waals surface area (Å²) in [7, 11) is 0. The summed E-state index contributed by atoms with van der Waals surface area (Å²) in [5.74, 6) is -0.200. The quantitative estimate of drug-likeness (QED) is 0.760. The highest BCUT2D eigenvalue weighted by molar-refractivity contribution is 5.17. The molecule has 0 saturated heterocycles. The molecule has 1 heterocycles. The first-order valence-corrected chi connectivity index (χ1v) is 4.77. The van der Waals surface area contributed by atoms with Crippen LogP contribution < -0.4 is 0 Å². The van der Waals surface area contributed by atoms with E-state index in [-0.39, 0.29) is 5.82 Å². The van der Waals surface area contributed by atoms with Crippen LogP contribution in [-0.2, 0) is 12.8 Å². The average molecular weight is 201 g/mol. The lowest BCUT2D eigenvalue weighted by molar-refractivity contribution is 0.627. The van der Waals surface area contributed by atoms with Crippen molar-refractivity contribution < 1.29 is 4.39 Å². The number of hydrogen-bond donors (Lipinski definition) is 0. The predicted octanol–water partition coefficient (Wildman–Crippen LogP) is 2.20. The van der Waals surface area contributed by atoms with Crippen molar-refractivity contribution in [1.29, 1.82) is 0 Å².